The highest BCUT2D eigenvalue weighted by Gasteiger charge is 2.67. The first-order chi connectivity index (χ1) is 17.8. The number of allylic oxidation sites excluding steroid dienone is 2. The normalized spacial score (nSPS) is 35.3. The molecule has 2 N–H and O–H groups in total. The summed E-state index contributed by atoms with van der Waals surface area (Å²) in [6.45, 7) is 7.60. The number of carbonyl (C=O) groups excluding carboxylic acids is 2. The van der Waals surface area contributed by atoms with Gasteiger partial charge in [0.2, 0.25) is 0 Å². The summed E-state index contributed by atoms with van der Waals surface area (Å²) in [6.07, 6.45) is 6.49. The second-order valence-electron chi connectivity index (χ2n) is 13.3. The van der Waals surface area contributed by atoms with Gasteiger partial charge in [-0.2, -0.15) is 16.8 Å². The molecule has 0 radical (unpaired) electrons. The quantitative estimate of drug-likeness (QED) is 0.369. The molecule has 4 bridgehead atoms. The van der Waals surface area contributed by atoms with Gasteiger partial charge in [-0.25, -0.2) is 0 Å². The molecule has 4 unspecified atom stereocenters. The SMILES string of the molecule is CC1(C)CC2CCC1(CS(=O)(=O)O)C(=O)C2=Cc1ccc(C=C2C(=O)C3(CS(=O)(=O)O)CCC2C3(C)C)cc1. The van der Waals surface area contributed by atoms with Gasteiger partial charge in [0, 0.05) is 5.57 Å². The molecule has 0 saturated heterocycles. The molecule has 5 aliphatic carbocycles. The largest absolute Gasteiger partial charge is 0.294 e. The van der Waals surface area contributed by atoms with Gasteiger partial charge in [-0.05, 0) is 83.6 Å². The highest BCUT2D eigenvalue weighted by Crippen LogP contribution is 2.66. The van der Waals surface area contributed by atoms with Crippen LogP contribution in [0.25, 0.3) is 12.2 Å². The van der Waals surface area contributed by atoms with Crippen LogP contribution >= 0.6 is 0 Å². The minimum absolute atomic E-state index is 0.0189. The van der Waals surface area contributed by atoms with Crippen LogP contribution in [0.15, 0.2) is 35.4 Å². The highest BCUT2D eigenvalue weighted by molar-refractivity contribution is 7.86. The van der Waals surface area contributed by atoms with Gasteiger partial charge in [0.1, 0.15) is 0 Å². The van der Waals surface area contributed by atoms with Crippen molar-refractivity contribution in [2.75, 3.05) is 11.5 Å². The molecule has 0 heterocycles. The Morgan fingerprint density at radius 2 is 1.23 bits per heavy atom. The molecule has 8 nitrogen and oxygen atoms in total. The van der Waals surface area contributed by atoms with Gasteiger partial charge >= 0.3 is 0 Å². The second-order valence-corrected chi connectivity index (χ2v) is 16.2. The maximum Gasteiger partial charge on any atom is 0.265 e. The number of ketones is 2. The Morgan fingerprint density at radius 1 is 0.769 bits per heavy atom. The van der Waals surface area contributed by atoms with Crippen LogP contribution in [0.2, 0.25) is 0 Å². The van der Waals surface area contributed by atoms with E-state index in [-0.39, 0.29) is 23.4 Å². The maximum absolute atomic E-state index is 13.7. The van der Waals surface area contributed by atoms with Crippen LogP contribution in [0, 0.1) is 33.5 Å². The minimum atomic E-state index is -4.35. The Kier molecular flexibility index (Phi) is 6.32. The number of fused-ring (bicyclic) bond motifs is 5. The van der Waals surface area contributed by atoms with E-state index in [0.29, 0.717) is 43.3 Å². The number of carbonyl (C=O) groups is 2. The molecule has 1 aromatic rings. The first-order valence-corrected chi connectivity index (χ1v) is 16.6. The zero-order valence-electron chi connectivity index (χ0n) is 22.7. The molecule has 4 atom stereocenters. The lowest BCUT2D eigenvalue weighted by Crippen LogP contribution is -2.58. The third-order valence-electron chi connectivity index (χ3n) is 10.6. The molecule has 1 aromatic carbocycles. The van der Waals surface area contributed by atoms with E-state index in [9.17, 15) is 35.5 Å². The van der Waals surface area contributed by atoms with Gasteiger partial charge in [0.05, 0.1) is 22.3 Å². The fourth-order valence-electron chi connectivity index (χ4n) is 8.29. The third-order valence-corrected chi connectivity index (χ3v) is 12.3. The molecule has 10 heteroatoms. The summed E-state index contributed by atoms with van der Waals surface area (Å²) in [5.74, 6) is -1.66. The molecular weight excluding hydrogens is 540 g/mol. The van der Waals surface area contributed by atoms with Crippen molar-refractivity contribution in [3.05, 3.63) is 46.5 Å². The van der Waals surface area contributed by atoms with E-state index >= 15 is 0 Å². The molecule has 6 rings (SSSR count). The summed E-state index contributed by atoms with van der Waals surface area (Å²) in [6, 6.07) is 7.35. The van der Waals surface area contributed by atoms with Crippen LogP contribution in [0.5, 0.6) is 0 Å². The fraction of sp³-hybridized carbons (Fsp3) is 0.586. The summed E-state index contributed by atoms with van der Waals surface area (Å²) in [4.78, 5) is 27.1. The van der Waals surface area contributed by atoms with Gasteiger partial charge < -0.3 is 0 Å². The molecule has 5 aliphatic rings. The Balaban J connectivity index is 1.44. The van der Waals surface area contributed by atoms with E-state index < -0.39 is 53.4 Å². The molecule has 0 aliphatic heterocycles. The van der Waals surface area contributed by atoms with Gasteiger partial charge in [0.25, 0.3) is 20.2 Å². The zero-order chi connectivity index (χ0) is 28.8. The third kappa shape index (κ3) is 4.38. The molecule has 5 saturated carbocycles. The Labute approximate surface area is 230 Å². The number of rotatable bonds is 6. The molecule has 0 amide bonds. The summed E-state index contributed by atoms with van der Waals surface area (Å²) in [5.41, 5.74) is -0.719. The van der Waals surface area contributed by atoms with Crippen molar-refractivity contribution < 1.29 is 35.5 Å². The Bertz CT molecular complexity index is 1530. The van der Waals surface area contributed by atoms with Crippen molar-refractivity contribution in [1.29, 1.82) is 0 Å². The summed E-state index contributed by atoms with van der Waals surface area (Å²) >= 11 is 0. The average Bonchev–Trinajstić information content (AvgIpc) is 3.11. The molecular formula is C29H36O8S2. The van der Waals surface area contributed by atoms with Crippen LogP contribution in [-0.2, 0) is 29.8 Å². The first kappa shape index (κ1) is 28.4. The standard InChI is InChI=1S/C29H36O8S2/c1-26(2)15-20-9-11-28(26,16-38(32,33)34)24(30)21(20)13-18-5-7-19(8-6-18)14-22-23-10-12-29(25(22)31,27(23,3)4)17-39(35,36)37/h5-8,13-14,20,23H,9-12,15-17H2,1-4H3,(H,32,33,34)(H,35,36,37). The average molecular weight is 577 g/mol. The van der Waals surface area contributed by atoms with Crippen molar-refractivity contribution in [3.8, 4) is 0 Å². The molecule has 212 valence electrons. The molecule has 39 heavy (non-hydrogen) atoms. The minimum Gasteiger partial charge on any atom is -0.294 e. The lowest BCUT2D eigenvalue weighted by molar-refractivity contribution is -0.141. The number of hydrogen-bond donors (Lipinski definition) is 2. The number of Topliss-reactive ketones (excluding diaryl/α,β-unsaturated/α-hetero) is 2. The van der Waals surface area contributed by atoms with E-state index in [0.717, 1.165) is 11.1 Å². The van der Waals surface area contributed by atoms with Crippen molar-refractivity contribution in [1.82, 2.24) is 0 Å². The van der Waals surface area contributed by atoms with Gasteiger partial charge in [-0.3, -0.25) is 18.7 Å². The predicted molar refractivity (Wildman–Crippen MR) is 148 cm³/mol. The summed E-state index contributed by atoms with van der Waals surface area (Å²) < 4.78 is 66.5. The Morgan fingerprint density at radius 3 is 1.74 bits per heavy atom. The van der Waals surface area contributed by atoms with E-state index in [1.807, 2.05) is 58.0 Å². The monoisotopic (exact) mass is 576 g/mol. The van der Waals surface area contributed by atoms with Gasteiger partial charge in [-0.15, -0.1) is 0 Å². The topological polar surface area (TPSA) is 143 Å². The van der Waals surface area contributed by atoms with Gasteiger partial charge in [-0.1, -0.05) is 52.0 Å². The van der Waals surface area contributed by atoms with Crippen LogP contribution in [0.1, 0.15) is 70.9 Å². The van der Waals surface area contributed by atoms with E-state index in [2.05, 4.69) is 0 Å². The lowest BCUT2D eigenvalue weighted by atomic mass is 9.47. The fourth-order valence-corrected chi connectivity index (χ4v) is 10.8. The van der Waals surface area contributed by atoms with Crippen LogP contribution in [0.3, 0.4) is 0 Å². The maximum atomic E-state index is 13.7. The van der Waals surface area contributed by atoms with Crippen LogP contribution in [0.4, 0.5) is 0 Å². The molecule has 0 spiro atoms. The van der Waals surface area contributed by atoms with Crippen LogP contribution in [-0.4, -0.2) is 49.0 Å². The number of hydrogen-bond acceptors (Lipinski definition) is 6. The van der Waals surface area contributed by atoms with Crippen molar-refractivity contribution >= 4 is 44.0 Å². The highest BCUT2D eigenvalue weighted by atomic mass is 32.2. The molecule has 0 aromatic heterocycles. The van der Waals surface area contributed by atoms with Crippen molar-refractivity contribution in [2.45, 2.75) is 59.8 Å². The van der Waals surface area contributed by atoms with E-state index in [1.54, 1.807) is 6.08 Å². The van der Waals surface area contributed by atoms with Crippen molar-refractivity contribution in [2.24, 2.45) is 33.5 Å². The number of benzene rings is 1. The van der Waals surface area contributed by atoms with Crippen LogP contribution < -0.4 is 0 Å². The first-order valence-electron chi connectivity index (χ1n) is 13.4. The second kappa shape index (κ2) is 8.68. The predicted octanol–water partition coefficient (Wildman–Crippen LogP) is 4.63. The van der Waals surface area contributed by atoms with E-state index in [1.165, 1.54) is 0 Å². The Hall–Kier alpha value is -2.14. The van der Waals surface area contributed by atoms with Crippen molar-refractivity contribution in [3.63, 3.8) is 0 Å². The van der Waals surface area contributed by atoms with E-state index in [4.69, 9.17) is 0 Å². The lowest BCUT2D eigenvalue weighted by Gasteiger charge is -2.56. The summed E-state index contributed by atoms with van der Waals surface area (Å²) in [5, 5.41) is 0. The molecule has 5 fully saturated rings. The summed E-state index contributed by atoms with van der Waals surface area (Å²) in [7, 11) is -8.68. The van der Waals surface area contributed by atoms with Gasteiger partial charge in [0.15, 0.2) is 11.6 Å². The smallest absolute Gasteiger partial charge is 0.265 e. The zero-order valence-corrected chi connectivity index (χ0v) is 24.4.